The first kappa shape index (κ1) is 13.6. The standard InChI is InChI=1S/C15H20N2O2/c1-9(2)14(16)13-8-17-15(19-13)11-6-5-10(3)7-12(11)18-4/h5-9,14H,16H2,1-4H3. The Hall–Kier alpha value is -1.81. The normalized spacial score (nSPS) is 12.7. The van der Waals surface area contributed by atoms with Crippen LogP contribution in [0.2, 0.25) is 0 Å². The number of aryl methyl sites for hydroxylation is 1. The second-order valence-electron chi connectivity index (χ2n) is 5.04. The molecule has 4 nitrogen and oxygen atoms in total. The van der Waals surface area contributed by atoms with Gasteiger partial charge in [0.2, 0.25) is 5.89 Å². The van der Waals surface area contributed by atoms with Crippen LogP contribution in [-0.4, -0.2) is 12.1 Å². The number of aromatic nitrogens is 1. The molecular formula is C15H20N2O2. The molecule has 1 atom stereocenters. The van der Waals surface area contributed by atoms with Crippen LogP contribution in [-0.2, 0) is 0 Å². The summed E-state index contributed by atoms with van der Waals surface area (Å²) in [6.45, 7) is 6.13. The molecular weight excluding hydrogens is 240 g/mol. The van der Waals surface area contributed by atoms with Gasteiger partial charge in [0.05, 0.1) is 24.9 Å². The topological polar surface area (TPSA) is 61.3 Å². The van der Waals surface area contributed by atoms with Gasteiger partial charge >= 0.3 is 0 Å². The van der Waals surface area contributed by atoms with Crippen molar-refractivity contribution < 1.29 is 9.15 Å². The van der Waals surface area contributed by atoms with Crippen LogP contribution in [0, 0.1) is 12.8 Å². The lowest BCUT2D eigenvalue weighted by molar-refractivity contribution is 0.399. The third-order valence-corrected chi connectivity index (χ3v) is 3.16. The highest BCUT2D eigenvalue weighted by molar-refractivity contribution is 5.63. The highest BCUT2D eigenvalue weighted by Gasteiger charge is 2.18. The fraction of sp³-hybridized carbons (Fsp3) is 0.400. The predicted octanol–water partition coefficient (Wildman–Crippen LogP) is 3.31. The molecule has 4 heteroatoms. The molecule has 0 radical (unpaired) electrons. The second kappa shape index (κ2) is 5.45. The zero-order valence-corrected chi connectivity index (χ0v) is 11.8. The zero-order chi connectivity index (χ0) is 14.0. The van der Waals surface area contributed by atoms with Crippen molar-refractivity contribution in [3.05, 3.63) is 35.7 Å². The molecule has 2 rings (SSSR count). The van der Waals surface area contributed by atoms with Gasteiger partial charge < -0.3 is 14.9 Å². The van der Waals surface area contributed by atoms with Gasteiger partial charge in [0.15, 0.2) is 0 Å². The van der Waals surface area contributed by atoms with E-state index < -0.39 is 0 Å². The van der Waals surface area contributed by atoms with Gasteiger partial charge in [0.25, 0.3) is 0 Å². The smallest absolute Gasteiger partial charge is 0.230 e. The van der Waals surface area contributed by atoms with Crippen molar-refractivity contribution >= 4 is 0 Å². The van der Waals surface area contributed by atoms with Crippen molar-refractivity contribution in [3.8, 4) is 17.2 Å². The highest BCUT2D eigenvalue weighted by atomic mass is 16.5. The summed E-state index contributed by atoms with van der Waals surface area (Å²) in [4.78, 5) is 4.30. The molecule has 0 amide bonds. The Morgan fingerprint density at radius 1 is 1.32 bits per heavy atom. The monoisotopic (exact) mass is 260 g/mol. The Morgan fingerprint density at radius 3 is 2.68 bits per heavy atom. The lowest BCUT2D eigenvalue weighted by Gasteiger charge is -2.11. The molecule has 19 heavy (non-hydrogen) atoms. The summed E-state index contributed by atoms with van der Waals surface area (Å²) < 4.78 is 11.1. The van der Waals surface area contributed by atoms with E-state index in [1.54, 1.807) is 13.3 Å². The van der Waals surface area contributed by atoms with Gasteiger partial charge in [-0.05, 0) is 30.5 Å². The number of nitrogens with two attached hydrogens (primary N) is 1. The molecule has 1 aromatic heterocycles. The molecule has 0 aliphatic heterocycles. The SMILES string of the molecule is COc1cc(C)ccc1-c1ncc(C(N)C(C)C)o1. The molecule has 0 aliphatic carbocycles. The third-order valence-electron chi connectivity index (χ3n) is 3.16. The maximum absolute atomic E-state index is 6.06. The molecule has 0 spiro atoms. The largest absolute Gasteiger partial charge is 0.496 e. The van der Waals surface area contributed by atoms with E-state index in [1.165, 1.54) is 0 Å². The molecule has 2 N–H and O–H groups in total. The summed E-state index contributed by atoms with van der Waals surface area (Å²) in [5, 5.41) is 0. The number of rotatable bonds is 4. The van der Waals surface area contributed by atoms with Gasteiger partial charge in [-0.1, -0.05) is 19.9 Å². The van der Waals surface area contributed by atoms with Gasteiger partial charge in [-0.25, -0.2) is 4.98 Å². The van der Waals surface area contributed by atoms with Gasteiger partial charge in [-0.3, -0.25) is 0 Å². The lowest BCUT2D eigenvalue weighted by Crippen LogP contribution is -2.15. The number of ether oxygens (including phenoxy) is 1. The van der Waals surface area contributed by atoms with E-state index in [9.17, 15) is 0 Å². The van der Waals surface area contributed by atoms with Crippen molar-refractivity contribution in [1.82, 2.24) is 4.98 Å². The number of oxazole rings is 1. The highest BCUT2D eigenvalue weighted by Crippen LogP contribution is 2.32. The van der Waals surface area contributed by atoms with Crippen LogP contribution in [0.5, 0.6) is 5.75 Å². The number of hydrogen-bond acceptors (Lipinski definition) is 4. The molecule has 1 unspecified atom stereocenters. The molecule has 102 valence electrons. The van der Waals surface area contributed by atoms with E-state index in [-0.39, 0.29) is 6.04 Å². The summed E-state index contributed by atoms with van der Waals surface area (Å²) >= 11 is 0. The van der Waals surface area contributed by atoms with Crippen LogP contribution < -0.4 is 10.5 Å². The maximum atomic E-state index is 6.06. The van der Waals surface area contributed by atoms with E-state index in [2.05, 4.69) is 18.8 Å². The van der Waals surface area contributed by atoms with E-state index in [1.807, 2.05) is 25.1 Å². The van der Waals surface area contributed by atoms with Crippen molar-refractivity contribution in [2.24, 2.45) is 11.7 Å². The first-order valence-electron chi connectivity index (χ1n) is 6.39. The summed E-state index contributed by atoms with van der Waals surface area (Å²) in [5.74, 6) is 2.31. The molecule has 0 saturated carbocycles. The minimum Gasteiger partial charge on any atom is -0.496 e. The Morgan fingerprint density at radius 2 is 2.05 bits per heavy atom. The van der Waals surface area contributed by atoms with Gasteiger partial charge in [0.1, 0.15) is 11.5 Å². The van der Waals surface area contributed by atoms with E-state index >= 15 is 0 Å². The molecule has 1 heterocycles. The van der Waals surface area contributed by atoms with Crippen LogP contribution in [0.15, 0.2) is 28.8 Å². The number of benzene rings is 1. The maximum Gasteiger partial charge on any atom is 0.230 e. The average molecular weight is 260 g/mol. The van der Waals surface area contributed by atoms with Crippen molar-refractivity contribution in [2.45, 2.75) is 26.8 Å². The number of hydrogen-bond donors (Lipinski definition) is 1. The first-order chi connectivity index (χ1) is 9.02. The van der Waals surface area contributed by atoms with Gasteiger partial charge in [-0.15, -0.1) is 0 Å². The molecule has 1 aromatic carbocycles. The van der Waals surface area contributed by atoms with Crippen molar-refractivity contribution in [1.29, 1.82) is 0 Å². The average Bonchev–Trinajstić information content (AvgIpc) is 2.86. The first-order valence-corrected chi connectivity index (χ1v) is 6.39. The molecule has 2 aromatic rings. The molecule has 0 bridgehead atoms. The third kappa shape index (κ3) is 2.79. The van der Waals surface area contributed by atoms with Crippen LogP contribution in [0.25, 0.3) is 11.5 Å². The van der Waals surface area contributed by atoms with Crippen molar-refractivity contribution in [3.63, 3.8) is 0 Å². The Balaban J connectivity index is 2.38. The fourth-order valence-corrected chi connectivity index (χ4v) is 1.87. The van der Waals surface area contributed by atoms with Gasteiger partial charge in [0, 0.05) is 0 Å². The molecule has 0 aliphatic rings. The molecule has 0 fully saturated rings. The van der Waals surface area contributed by atoms with E-state index in [4.69, 9.17) is 14.9 Å². The minimum absolute atomic E-state index is 0.141. The Kier molecular flexibility index (Phi) is 3.90. The minimum atomic E-state index is -0.141. The quantitative estimate of drug-likeness (QED) is 0.916. The summed E-state index contributed by atoms with van der Waals surface area (Å²) in [6, 6.07) is 5.77. The Labute approximate surface area is 113 Å². The number of nitrogens with zero attached hydrogens (tertiary/aromatic N) is 1. The summed E-state index contributed by atoms with van der Waals surface area (Å²) in [5.41, 5.74) is 8.03. The lowest BCUT2D eigenvalue weighted by atomic mass is 10.0. The fourth-order valence-electron chi connectivity index (χ4n) is 1.87. The second-order valence-corrected chi connectivity index (χ2v) is 5.04. The van der Waals surface area contributed by atoms with Crippen LogP contribution in [0.1, 0.15) is 31.2 Å². The van der Waals surface area contributed by atoms with Crippen molar-refractivity contribution in [2.75, 3.05) is 7.11 Å². The van der Waals surface area contributed by atoms with Crippen LogP contribution in [0.3, 0.4) is 0 Å². The zero-order valence-electron chi connectivity index (χ0n) is 11.8. The number of methoxy groups -OCH3 is 1. The molecule has 0 saturated heterocycles. The van der Waals surface area contributed by atoms with Gasteiger partial charge in [-0.2, -0.15) is 0 Å². The predicted molar refractivity (Wildman–Crippen MR) is 75.0 cm³/mol. The van der Waals surface area contributed by atoms with Crippen LogP contribution in [0.4, 0.5) is 0 Å². The van der Waals surface area contributed by atoms with E-state index in [0.717, 1.165) is 16.9 Å². The van der Waals surface area contributed by atoms with Crippen LogP contribution >= 0.6 is 0 Å². The Bertz CT molecular complexity index is 561. The summed E-state index contributed by atoms with van der Waals surface area (Å²) in [7, 11) is 1.64. The summed E-state index contributed by atoms with van der Waals surface area (Å²) in [6.07, 6.45) is 1.69. The van der Waals surface area contributed by atoms with E-state index in [0.29, 0.717) is 17.6 Å².